The van der Waals surface area contributed by atoms with Crippen LogP contribution in [0.1, 0.15) is 22.3 Å². The summed E-state index contributed by atoms with van der Waals surface area (Å²) < 4.78 is 6.70. The number of carbonyl (C=O) groups is 1. The van der Waals surface area contributed by atoms with Crippen molar-refractivity contribution in [2.75, 3.05) is 5.32 Å². The van der Waals surface area contributed by atoms with E-state index in [0.717, 1.165) is 15.6 Å². The summed E-state index contributed by atoms with van der Waals surface area (Å²) in [7, 11) is 0. The molecule has 1 amide bonds. The summed E-state index contributed by atoms with van der Waals surface area (Å²) in [5.74, 6) is -0.00932. The largest absolute Gasteiger partial charge is 0.488 e. The number of para-hydroxylation sites is 1. The summed E-state index contributed by atoms with van der Waals surface area (Å²) in [5, 5.41) is 21.6. The van der Waals surface area contributed by atoms with Gasteiger partial charge in [-0.1, -0.05) is 52.3 Å². The smallest absolute Gasteiger partial charge is 0.266 e. The third-order valence-corrected chi connectivity index (χ3v) is 5.04. The van der Waals surface area contributed by atoms with Gasteiger partial charge in [-0.05, 0) is 48.9 Å². The molecule has 0 radical (unpaired) electrons. The highest BCUT2D eigenvalue weighted by molar-refractivity contribution is 9.10. The molecule has 0 atom stereocenters. The van der Waals surface area contributed by atoms with Gasteiger partial charge in [-0.2, -0.15) is 10.5 Å². The van der Waals surface area contributed by atoms with E-state index in [2.05, 4.69) is 27.3 Å². The summed E-state index contributed by atoms with van der Waals surface area (Å²) in [6, 6.07) is 24.0. The number of hydrogen-bond acceptors (Lipinski definition) is 4. The summed E-state index contributed by atoms with van der Waals surface area (Å²) in [4.78, 5) is 12.7. The first kappa shape index (κ1) is 21.8. The number of aryl methyl sites for hydroxylation is 1. The van der Waals surface area contributed by atoms with Crippen LogP contribution in [0.4, 0.5) is 5.69 Å². The lowest BCUT2D eigenvalue weighted by Gasteiger charge is -2.12. The van der Waals surface area contributed by atoms with Crippen molar-refractivity contribution < 1.29 is 9.53 Å². The molecule has 0 aliphatic heterocycles. The van der Waals surface area contributed by atoms with Crippen molar-refractivity contribution in [2.45, 2.75) is 13.5 Å². The van der Waals surface area contributed by atoms with Crippen molar-refractivity contribution in [1.82, 2.24) is 0 Å². The zero-order valence-corrected chi connectivity index (χ0v) is 18.3. The van der Waals surface area contributed by atoms with E-state index >= 15 is 0 Å². The van der Waals surface area contributed by atoms with E-state index in [1.54, 1.807) is 30.3 Å². The van der Waals surface area contributed by atoms with Crippen molar-refractivity contribution in [3.8, 4) is 17.9 Å². The average Bonchev–Trinajstić information content (AvgIpc) is 2.78. The third-order valence-electron chi connectivity index (χ3n) is 4.55. The molecule has 0 spiro atoms. The predicted molar refractivity (Wildman–Crippen MR) is 123 cm³/mol. The highest BCUT2D eigenvalue weighted by Crippen LogP contribution is 2.27. The quantitative estimate of drug-likeness (QED) is 0.366. The van der Waals surface area contributed by atoms with E-state index in [9.17, 15) is 15.3 Å². The van der Waals surface area contributed by atoms with Crippen LogP contribution in [0, 0.1) is 29.6 Å². The van der Waals surface area contributed by atoms with Crippen LogP contribution in [-0.4, -0.2) is 5.91 Å². The Morgan fingerprint density at radius 3 is 2.58 bits per heavy atom. The molecule has 6 heteroatoms. The molecule has 3 aromatic rings. The zero-order chi connectivity index (χ0) is 22.2. The Morgan fingerprint density at radius 1 is 1.10 bits per heavy atom. The molecule has 3 aromatic carbocycles. The maximum atomic E-state index is 12.7. The van der Waals surface area contributed by atoms with Gasteiger partial charge in [0.2, 0.25) is 0 Å². The van der Waals surface area contributed by atoms with Gasteiger partial charge in [0.05, 0.1) is 11.6 Å². The van der Waals surface area contributed by atoms with Crippen LogP contribution >= 0.6 is 15.9 Å². The predicted octanol–water partition coefficient (Wildman–Crippen LogP) is 5.75. The number of nitrogens with one attached hydrogen (secondary N) is 1. The number of anilines is 1. The van der Waals surface area contributed by atoms with Crippen molar-refractivity contribution in [3.05, 3.63) is 99.0 Å². The fraction of sp³-hybridized carbons (Fsp3) is 0.0800. The fourth-order valence-electron chi connectivity index (χ4n) is 2.88. The Balaban J connectivity index is 1.87. The number of rotatable bonds is 6. The van der Waals surface area contributed by atoms with Gasteiger partial charge in [0.15, 0.2) is 0 Å². The first-order chi connectivity index (χ1) is 15.0. The highest BCUT2D eigenvalue weighted by atomic mass is 79.9. The zero-order valence-electron chi connectivity index (χ0n) is 16.7. The topological polar surface area (TPSA) is 85.9 Å². The standard InChI is InChI=1S/C25H18BrN3O2/c1-17-6-2-5-9-23(17)29-25(30)21(15-28)12-20-13-22(26)10-11-24(20)31-16-19-8-4-3-7-18(19)14-27/h2-13H,16H2,1H3,(H,29,30)/b21-12+. The van der Waals surface area contributed by atoms with E-state index in [1.807, 2.05) is 49.4 Å². The van der Waals surface area contributed by atoms with Gasteiger partial charge in [-0.25, -0.2) is 0 Å². The first-order valence-corrected chi connectivity index (χ1v) is 10.2. The molecule has 0 bridgehead atoms. The maximum absolute atomic E-state index is 12.7. The van der Waals surface area contributed by atoms with Crippen LogP contribution in [0.25, 0.3) is 6.08 Å². The lowest BCUT2D eigenvalue weighted by Crippen LogP contribution is -2.14. The van der Waals surface area contributed by atoms with Gasteiger partial charge in [-0.15, -0.1) is 0 Å². The average molecular weight is 472 g/mol. The molecular formula is C25H18BrN3O2. The minimum atomic E-state index is -0.502. The van der Waals surface area contributed by atoms with Gasteiger partial charge in [0.25, 0.3) is 5.91 Å². The SMILES string of the molecule is Cc1ccccc1NC(=O)/C(C#N)=C/c1cc(Br)ccc1OCc1ccccc1C#N. The lowest BCUT2D eigenvalue weighted by molar-refractivity contribution is -0.112. The molecule has 0 fully saturated rings. The number of ether oxygens (including phenoxy) is 1. The molecule has 3 rings (SSSR count). The van der Waals surface area contributed by atoms with Gasteiger partial charge >= 0.3 is 0 Å². The fourth-order valence-corrected chi connectivity index (χ4v) is 3.26. The maximum Gasteiger partial charge on any atom is 0.266 e. The minimum Gasteiger partial charge on any atom is -0.488 e. The van der Waals surface area contributed by atoms with Crippen molar-refractivity contribution >= 4 is 33.6 Å². The normalized spacial score (nSPS) is 10.6. The molecule has 0 aliphatic carbocycles. The van der Waals surface area contributed by atoms with Crippen molar-refractivity contribution in [2.24, 2.45) is 0 Å². The Kier molecular flexibility index (Phi) is 7.22. The van der Waals surface area contributed by atoms with Crippen LogP contribution < -0.4 is 10.1 Å². The number of amides is 1. The van der Waals surface area contributed by atoms with E-state index in [-0.39, 0.29) is 12.2 Å². The molecular weight excluding hydrogens is 454 g/mol. The van der Waals surface area contributed by atoms with Gasteiger partial charge in [-0.3, -0.25) is 4.79 Å². The molecule has 0 saturated heterocycles. The number of nitrogens with zero attached hydrogens (tertiary/aromatic N) is 2. The molecule has 1 N–H and O–H groups in total. The minimum absolute atomic E-state index is 0.0522. The monoisotopic (exact) mass is 471 g/mol. The van der Waals surface area contributed by atoms with E-state index in [0.29, 0.717) is 22.6 Å². The van der Waals surface area contributed by atoms with E-state index in [4.69, 9.17) is 4.74 Å². The Hall–Kier alpha value is -3.87. The molecule has 0 heterocycles. The number of nitriles is 2. The molecule has 0 saturated carbocycles. The first-order valence-electron chi connectivity index (χ1n) is 9.41. The van der Waals surface area contributed by atoms with E-state index in [1.165, 1.54) is 6.08 Å². The number of hydrogen-bond donors (Lipinski definition) is 1. The molecule has 0 aromatic heterocycles. The Bertz CT molecular complexity index is 1240. The Labute approximate surface area is 189 Å². The number of benzene rings is 3. The highest BCUT2D eigenvalue weighted by Gasteiger charge is 2.13. The molecule has 5 nitrogen and oxygen atoms in total. The summed E-state index contributed by atoms with van der Waals surface area (Å²) in [5.41, 5.74) is 3.35. The summed E-state index contributed by atoms with van der Waals surface area (Å²) in [6.07, 6.45) is 1.49. The summed E-state index contributed by atoms with van der Waals surface area (Å²) in [6.45, 7) is 2.06. The lowest BCUT2D eigenvalue weighted by atomic mass is 10.1. The van der Waals surface area contributed by atoms with Crippen LogP contribution in [0.5, 0.6) is 5.75 Å². The van der Waals surface area contributed by atoms with Gasteiger partial charge in [0.1, 0.15) is 24.0 Å². The van der Waals surface area contributed by atoms with Crippen LogP contribution in [0.3, 0.4) is 0 Å². The molecule has 152 valence electrons. The van der Waals surface area contributed by atoms with Crippen LogP contribution in [0.15, 0.2) is 76.8 Å². The van der Waals surface area contributed by atoms with Crippen LogP contribution in [0.2, 0.25) is 0 Å². The molecule has 31 heavy (non-hydrogen) atoms. The van der Waals surface area contributed by atoms with Crippen molar-refractivity contribution in [3.63, 3.8) is 0 Å². The second-order valence-corrected chi connectivity index (χ2v) is 7.59. The van der Waals surface area contributed by atoms with Gasteiger partial charge < -0.3 is 10.1 Å². The van der Waals surface area contributed by atoms with E-state index < -0.39 is 5.91 Å². The summed E-state index contributed by atoms with van der Waals surface area (Å²) >= 11 is 3.42. The third kappa shape index (κ3) is 5.60. The number of carbonyl (C=O) groups excluding carboxylic acids is 1. The Morgan fingerprint density at radius 2 is 1.84 bits per heavy atom. The van der Waals surface area contributed by atoms with Crippen molar-refractivity contribution in [1.29, 1.82) is 10.5 Å². The van der Waals surface area contributed by atoms with Crippen LogP contribution in [-0.2, 0) is 11.4 Å². The molecule has 0 unspecified atom stereocenters. The molecule has 0 aliphatic rings. The second-order valence-electron chi connectivity index (χ2n) is 6.68. The van der Waals surface area contributed by atoms with Gasteiger partial charge in [0, 0.05) is 21.3 Å². The second kappa shape index (κ2) is 10.2. The number of halogens is 1.